The van der Waals surface area contributed by atoms with E-state index in [0.717, 1.165) is 11.3 Å². The number of methoxy groups -OCH3 is 1. The van der Waals surface area contributed by atoms with Gasteiger partial charge in [-0.25, -0.2) is 0 Å². The Balaban J connectivity index is 2.00. The van der Waals surface area contributed by atoms with Crippen molar-refractivity contribution < 1.29 is 13.9 Å². The average Bonchev–Trinajstić information content (AvgIpc) is 2.98. The SMILES string of the molecule is COc1ccccc1C(C)NC(=O)/C=C/c1ccco1. The van der Waals surface area contributed by atoms with Crippen molar-refractivity contribution in [1.82, 2.24) is 5.32 Å². The summed E-state index contributed by atoms with van der Waals surface area (Å²) >= 11 is 0. The number of hydrogen-bond donors (Lipinski definition) is 1. The highest BCUT2D eigenvalue weighted by atomic mass is 16.5. The van der Waals surface area contributed by atoms with Crippen LogP contribution in [-0.2, 0) is 4.79 Å². The number of para-hydroxylation sites is 1. The Bertz CT molecular complexity index is 588. The van der Waals surface area contributed by atoms with Crippen molar-refractivity contribution in [1.29, 1.82) is 0 Å². The first-order chi connectivity index (χ1) is 9.70. The largest absolute Gasteiger partial charge is 0.496 e. The molecule has 1 unspecified atom stereocenters. The Labute approximate surface area is 118 Å². The lowest BCUT2D eigenvalue weighted by Crippen LogP contribution is -2.24. The third-order valence-corrected chi connectivity index (χ3v) is 2.91. The van der Waals surface area contributed by atoms with Crippen molar-refractivity contribution in [2.24, 2.45) is 0 Å². The van der Waals surface area contributed by atoms with Crippen LogP contribution in [0.15, 0.2) is 53.2 Å². The minimum Gasteiger partial charge on any atom is -0.496 e. The lowest BCUT2D eigenvalue weighted by molar-refractivity contribution is -0.117. The third-order valence-electron chi connectivity index (χ3n) is 2.91. The summed E-state index contributed by atoms with van der Waals surface area (Å²) in [5.41, 5.74) is 0.940. The van der Waals surface area contributed by atoms with Crippen LogP contribution in [0.5, 0.6) is 5.75 Å². The number of hydrogen-bond acceptors (Lipinski definition) is 3. The summed E-state index contributed by atoms with van der Waals surface area (Å²) in [7, 11) is 1.62. The second kappa shape index (κ2) is 6.61. The molecule has 0 aliphatic carbocycles. The van der Waals surface area contributed by atoms with Gasteiger partial charge >= 0.3 is 0 Å². The highest BCUT2D eigenvalue weighted by Gasteiger charge is 2.11. The first kappa shape index (κ1) is 13.9. The number of carbonyl (C=O) groups excluding carboxylic acids is 1. The lowest BCUT2D eigenvalue weighted by atomic mass is 10.1. The molecule has 1 atom stereocenters. The molecule has 0 bridgehead atoms. The molecule has 2 rings (SSSR count). The molecule has 4 heteroatoms. The van der Waals surface area contributed by atoms with E-state index in [4.69, 9.17) is 9.15 Å². The van der Waals surface area contributed by atoms with Crippen LogP contribution < -0.4 is 10.1 Å². The van der Waals surface area contributed by atoms with Crippen molar-refractivity contribution in [2.75, 3.05) is 7.11 Å². The molecule has 20 heavy (non-hydrogen) atoms. The number of carbonyl (C=O) groups is 1. The molecule has 0 aliphatic rings. The topological polar surface area (TPSA) is 51.5 Å². The molecule has 0 aliphatic heterocycles. The van der Waals surface area contributed by atoms with E-state index >= 15 is 0 Å². The van der Waals surface area contributed by atoms with Crippen LogP contribution in [0.25, 0.3) is 6.08 Å². The molecule has 2 aromatic rings. The van der Waals surface area contributed by atoms with Gasteiger partial charge in [-0.3, -0.25) is 4.79 Å². The number of benzene rings is 1. The smallest absolute Gasteiger partial charge is 0.244 e. The second-order valence-electron chi connectivity index (χ2n) is 4.32. The van der Waals surface area contributed by atoms with Gasteiger partial charge in [0.2, 0.25) is 5.91 Å². The lowest BCUT2D eigenvalue weighted by Gasteiger charge is -2.16. The summed E-state index contributed by atoms with van der Waals surface area (Å²) in [6.45, 7) is 1.91. The van der Waals surface area contributed by atoms with Crippen LogP contribution in [0.2, 0.25) is 0 Å². The first-order valence-corrected chi connectivity index (χ1v) is 6.35. The number of ether oxygens (including phenoxy) is 1. The van der Waals surface area contributed by atoms with Gasteiger partial charge in [-0.1, -0.05) is 18.2 Å². The van der Waals surface area contributed by atoms with Crippen LogP contribution in [0.1, 0.15) is 24.3 Å². The standard InChI is InChI=1S/C16H17NO3/c1-12(14-7-3-4-8-15(14)19-2)17-16(18)10-9-13-6-5-11-20-13/h3-12H,1-2H3,(H,17,18)/b10-9+. The zero-order valence-electron chi connectivity index (χ0n) is 11.5. The molecule has 0 spiro atoms. The summed E-state index contributed by atoms with van der Waals surface area (Å²) < 4.78 is 10.4. The maximum Gasteiger partial charge on any atom is 0.244 e. The Kier molecular flexibility index (Phi) is 4.60. The molecule has 1 N–H and O–H groups in total. The monoisotopic (exact) mass is 271 g/mol. The molecule has 1 amide bonds. The van der Waals surface area contributed by atoms with Gasteiger partial charge in [0.15, 0.2) is 0 Å². The van der Waals surface area contributed by atoms with Gasteiger partial charge in [-0.15, -0.1) is 0 Å². The van der Waals surface area contributed by atoms with Gasteiger partial charge in [0.05, 0.1) is 19.4 Å². The summed E-state index contributed by atoms with van der Waals surface area (Å²) in [4.78, 5) is 11.8. The number of rotatable bonds is 5. The molecular formula is C16H17NO3. The highest BCUT2D eigenvalue weighted by molar-refractivity contribution is 5.91. The summed E-state index contributed by atoms with van der Waals surface area (Å²) in [5.74, 6) is 1.22. The minimum absolute atomic E-state index is 0.139. The van der Waals surface area contributed by atoms with Gasteiger partial charge in [0.25, 0.3) is 0 Å². The fourth-order valence-electron chi connectivity index (χ4n) is 1.91. The molecule has 0 saturated carbocycles. The average molecular weight is 271 g/mol. The maximum atomic E-state index is 11.8. The minimum atomic E-state index is -0.181. The van der Waals surface area contributed by atoms with Crippen LogP contribution in [0, 0.1) is 0 Å². The number of amides is 1. The van der Waals surface area contributed by atoms with E-state index < -0.39 is 0 Å². The van der Waals surface area contributed by atoms with Crippen LogP contribution in [-0.4, -0.2) is 13.0 Å². The van der Waals surface area contributed by atoms with Crippen molar-refractivity contribution in [2.45, 2.75) is 13.0 Å². The molecular weight excluding hydrogens is 254 g/mol. The predicted molar refractivity (Wildman–Crippen MR) is 77.3 cm³/mol. The van der Waals surface area contributed by atoms with E-state index in [1.807, 2.05) is 31.2 Å². The molecule has 104 valence electrons. The molecule has 1 heterocycles. The van der Waals surface area contributed by atoms with E-state index in [9.17, 15) is 4.79 Å². The van der Waals surface area contributed by atoms with E-state index in [1.54, 1.807) is 31.6 Å². The molecule has 1 aromatic carbocycles. The molecule has 1 aromatic heterocycles. The summed E-state index contributed by atoms with van der Waals surface area (Å²) in [5, 5.41) is 2.89. The summed E-state index contributed by atoms with van der Waals surface area (Å²) in [6.07, 6.45) is 4.64. The van der Waals surface area contributed by atoms with Gasteiger partial charge in [-0.2, -0.15) is 0 Å². The van der Waals surface area contributed by atoms with E-state index in [2.05, 4.69) is 5.32 Å². The predicted octanol–water partition coefficient (Wildman–Crippen LogP) is 3.18. The van der Waals surface area contributed by atoms with Gasteiger partial charge in [-0.05, 0) is 31.2 Å². The third kappa shape index (κ3) is 3.51. The Morgan fingerprint density at radius 2 is 2.10 bits per heavy atom. The zero-order valence-corrected chi connectivity index (χ0v) is 11.5. The first-order valence-electron chi connectivity index (χ1n) is 6.35. The summed E-state index contributed by atoms with van der Waals surface area (Å²) in [6, 6.07) is 11.0. The van der Waals surface area contributed by atoms with E-state index in [0.29, 0.717) is 5.76 Å². The van der Waals surface area contributed by atoms with E-state index in [-0.39, 0.29) is 11.9 Å². The van der Waals surface area contributed by atoms with Gasteiger partial charge in [0.1, 0.15) is 11.5 Å². The van der Waals surface area contributed by atoms with Crippen molar-refractivity contribution in [3.8, 4) is 5.75 Å². The van der Waals surface area contributed by atoms with Crippen LogP contribution in [0.4, 0.5) is 0 Å². The Morgan fingerprint density at radius 3 is 2.80 bits per heavy atom. The highest BCUT2D eigenvalue weighted by Crippen LogP contribution is 2.24. The Morgan fingerprint density at radius 1 is 1.30 bits per heavy atom. The molecule has 4 nitrogen and oxygen atoms in total. The van der Waals surface area contributed by atoms with Crippen LogP contribution >= 0.6 is 0 Å². The fraction of sp³-hybridized carbons (Fsp3) is 0.188. The number of furan rings is 1. The van der Waals surface area contributed by atoms with Crippen molar-refractivity contribution in [3.05, 3.63) is 60.1 Å². The van der Waals surface area contributed by atoms with Gasteiger partial charge in [0, 0.05) is 11.6 Å². The fourth-order valence-corrected chi connectivity index (χ4v) is 1.91. The van der Waals surface area contributed by atoms with Crippen molar-refractivity contribution >= 4 is 12.0 Å². The maximum absolute atomic E-state index is 11.8. The quantitative estimate of drug-likeness (QED) is 0.850. The van der Waals surface area contributed by atoms with Crippen molar-refractivity contribution in [3.63, 3.8) is 0 Å². The molecule has 0 saturated heterocycles. The second-order valence-corrected chi connectivity index (χ2v) is 4.32. The Hall–Kier alpha value is -2.49. The number of nitrogens with one attached hydrogen (secondary N) is 1. The van der Waals surface area contributed by atoms with Gasteiger partial charge < -0.3 is 14.5 Å². The molecule has 0 radical (unpaired) electrons. The van der Waals surface area contributed by atoms with E-state index in [1.165, 1.54) is 6.08 Å². The van der Waals surface area contributed by atoms with Crippen LogP contribution in [0.3, 0.4) is 0 Å². The normalized spacial score (nSPS) is 12.3. The molecule has 0 fully saturated rings. The zero-order chi connectivity index (χ0) is 14.4.